The zero-order valence-electron chi connectivity index (χ0n) is 17.5. The van der Waals surface area contributed by atoms with E-state index in [9.17, 15) is 14.0 Å². The average Bonchev–Trinajstić information content (AvgIpc) is 3.55. The molecule has 0 bridgehead atoms. The number of rotatable bonds is 5. The lowest BCUT2D eigenvalue weighted by Crippen LogP contribution is -2.43. The summed E-state index contributed by atoms with van der Waals surface area (Å²) in [6.07, 6.45) is 3.45. The van der Waals surface area contributed by atoms with Crippen LogP contribution in [0, 0.1) is 12.7 Å². The van der Waals surface area contributed by atoms with Crippen molar-refractivity contribution in [2.45, 2.75) is 25.8 Å². The van der Waals surface area contributed by atoms with Gasteiger partial charge in [-0.2, -0.15) is 0 Å². The summed E-state index contributed by atoms with van der Waals surface area (Å²) in [6, 6.07) is 6.00. The minimum atomic E-state index is -0.368. The van der Waals surface area contributed by atoms with Crippen LogP contribution in [0.1, 0.15) is 39.5 Å². The summed E-state index contributed by atoms with van der Waals surface area (Å²) in [5.41, 5.74) is 2.09. The Morgan fingerprint density at radius 3 is 3.00 bits per heavy atom. The van der Waals surface area contributed by atoms with E-state index < -0.39 is 0 Å². The number of imidazole rings is 1. The Bertz CT molecular complexity index is 1360. The van der Waals surface area contributed by atoms with E-state index in [0.29, 0.717) is 44.5 Å². The highest BCUT2D eigenvalue weighted by Crippen LogP contribution is 2.35. The first-order valence-electron chi connectivity index (χ1n) is 10.4. The fourth-order valence-electron chi connectivity index (χ4n) is 4.18. The third-order valence-electron chi connectivity index (χ3n) is 5.68. The summed E-state index contributed by atoms with van der Waals surface area (Å²) in [7, 11) is 0. The second kappa shape index (κ2) is 8.96. The van der Waals surface area contributed by atoms with Crippen LogP contribution in [0.2, 0.25) is 0 Å². The summed E-state index contributed by atoms with van der Waals surface area (Å²) in [4.78, 5) is 38.3. The van der Waals surface area contributed by atoms with Crippen molar-refractivity contribution in [1.82, 2.24) is 24.6 Å². The van der Waals surface area contributed by atoms with Crippen LogP contribution >= 0.6 is 38.6 Å². The first-order valence-corrected chi connectivity index (χ1v) is 12.8. The molecule has 0 aliphatic carbocycles. The van der Waals surface area contributed by atoms with E-state index in [2.05, 4.69) is 31.2 Å². The van der Waals surface area contributed by atoms with Crippen LogP contribution in [0.4, 0.5) is 4.39 Å². The number of carbonyl (C=O) groups is 2. The van der Waals surface area contributed by atoms with Gasteiger partial charge in [0.25, 0.3) is 11.8 Å². The number of amides is 2. The van der Waals surface area contributed by atoms with E-state index in [0.717, 1.165) is 17.8 Å². The maximum atomic E-state index is 13.8. The van der Waals surface area contributed by atoms with Crippen LogP contribution in [0.5, 0.6) is 0 Å². The molecule has 1 saturated heterocycles. The maximum absolute atomic E-state index is 13.8. The third-order valence-corrected chi connectivity index (χ3v) is 7.99. The molecular weight excluding hydrogens is 529 g/mol. The highest BCUT2D eigenvalue weighted by atomic mass is 79.9. The number of benzene rings is 1. The van der Waals surface area contributed by atoms with E-state index in [1.807, 2.05) is 18.5 Å². The maximum Gasteiger partial charge on any atom is 0.274 e. The summed E-state index contributed by atoms with van der Waals surface area (Å²) in [5, 5.41) is 4.87. The van der Waals surface area contributed by atoms with Crippen molar-refractivity contribution in [2.24, 2.45) is 0 Å². The Labute approximate surface area is 205 Å². The van der Waals surface area contributed by atoms with Crippen LogP contribution in [0.25, 0.3) is 15.4 Å². The third kappa shape index (κ3) is 4.20. The fourth-order valence-corrected chi connectivity index (χ4v) is 6.38. The average molecular weight is 548 g/mol. The molecule has 7 nitrogen and oxygen atoms in total. The van der Waals surface area contributed by atoms with E-state index in [-0.39, 0.29) is 23.7 Å². The molecule has 3 aromatic heterocycles. The van der Waals surface area contributed by atoms with Crippen LogP contribution < -0.4 is 5.32 Å². The smallest absolute Gasteiger partial charge is 0.274 e. The van der Waals surface area contributed by atoms with Gasteiger partial charge in [-0.3, -0.25) is 14.0 Å². The number of hydrogen-bond donors (Lipinski definition) is 1. The van der Waals surface area contributed by atoms with Crippen molar-refractivity contribution >= 4 is 55.4 Å². The van der Waals surface area contributed by atoms with Gasteiger partial charge < -0.3 is 10.2 Å². The summed E-state index contributed by atoms with van der Waals surface area (Å²) in [6.45, 7) is 2.73. The van der Waals surface area contributed by atoms with E-state index in [1.165, 1.54) is 34.8 Å². The van der Waals surface area contributed by atoms with Crippen molar-refractivity contribution in [1.29, 1.82) is 0 Å². The number of aromatic nitrogens is 3. The monoisotopic (exact) mass is 547 g/mol. The largest absolute Gasteiger partial charge is 0.349 e. The van der Waals surface area contributed by atoms with Crippen LogP contribution in [-0.4, -0.2) is 50.2 Å². The molecule has 0 spiro atoms. The number of carbonyl (C=O) groups excluding carboxylic acids is 2. The molecule has 4 heterocycles. The number of halogens is 2. The summed E-state index contributed by atoms with van der Waals surface area (Å²) in [5.74, 6) is -0.796. The zero-order valence-corrected chi connectivity index (χ0v) is 20.8. The Kier molecular flexibility index (Phi) is 6.02. The second-order valence-corrected chi connectivity index (χ2v) is 10.9. The normalized spacial score (nSPS) is 16.0. The number of aryl methyl sites for hydroxylation is 1. The lowest BCUT2D eigenvalue weighted by Gasteiger charge is -2.24. The van der Waals surface area contributed by atoms with Crippen molar-refractivity contribution in [2.75, 3.05) is 13.1 Å². The molecule has 0 radical (unpaired) electrons. The molecule has 1 aliphatic heterocycles. The quantitative estimate of drug-likeness (QED) is 0.390. The molecule has 1 atom stereocenters. The van der Waals surface area contributed by atoms with Gasteiger partial charge in [0.1, 0.15) is 17.2 Å². The number of thiazole rings is 2. The number of nitrogens with one attached hydrogen (secondary N) is 1. The predicted octanol–water partition coefficient (Wildman–Crippen LogP) is 4.76. The molecule has 4 aromatic rings. The Morgan fingerprint density at radius 1 is 1.33 bits per heavy atom. The molecule has 0 saturated carbocycles. The van der Waals surface area contributed by atoms with Gasteiger partial charge in [0.15, 0.2) is 8.88 Å². The van der Waals surface area contributed by atoms with Crippen molar-refractivity contribution in [3.63, 3.8) is 0 Å². The van der Waals surface area contributed by atoms with E-state index >= 15 is 0 Å². The highest BCUT2D eigenvalue weighted by Gasteiger charge is 2.33. The molecular formula is C22H19BrFN5O2S2. The topological polar surface area (TPSA) is 79.6 Å². The van der Waals surface area contributed by atoms with Gasteiger partial charge >= 0.3 is 0 Å². The first kappa shape index (κ1) is 22.2. The van der Waals surface area contributed by atoms with Crippen LogP contribution in [-0.2, 0) is 0 Å². The number of hydrogen-bond acceptors (Lipinski definition) is 6. The standard InChI is InChI=1S/C22H19BrFN5O2S2/c1-12-17(29-8-9-32-22(29)26-12)19(30)25-11-15-6-3-7-28(15)20(31)16-18(33-21(23)27-16)13-4-2-5-14(24)10-13/h2,4-5,8-10,15H,3,6-7,11H2,1H3,(H,25,30)/t15-/m0/s1. The van der Waals surface area contributed by atoms with Crippen molar-refractivity contribution < 1.29 is 14.0 Å². The lowest BCUT2D eigenvalue weighted by molar-refractivity contribution is 0.0720. The minimum Gasteiger partial charge on any atom is -0.349 e. The van der Waals surface area contributed by atoms with Gasteiger partial charge in [0.2, 0.25) is 0 Å². The molecule has 0 unspecified atom stereocenters. The molecule has 1 aromatic carbocycles. The molecule has 33 heavy (non-hydrogen) atoms. The van der Waals surface area contributed by atoms with Gasteiger partial charge in [0.05, 0.1) is 10.6 Å². The second-order valence-electron chi connectivity index (χ2n) is 7.76. The fraction of sp³-hybridized carbons (Fsp3) is 0.273. The predicted molar refractivity (Wildman–Crippen MR) is 129 cm³/mol. The molecule has 1 N–H and O–H groups in total. The van der Waals surface area contributed by atoms with Gasteiger partial charge in [-0.15, -0.1) is 22.7 Å². The number of likely N-dealkylation sites (tertiary alicyclic amines) is 1. The number of fused-ring (bicyclic) bond motifs is 1. The summed E-state index contributed by atoms with van der Waals surface area (Å²) >= 11 is 6.13. The molecule has 11 heteroatoms. The Hall–Kier alpha value is -2.63. The van der Waals surface area contributed by atoms with E-state index in [1.54, 1.807) is 21.4 Å². The lowest BCUT2D eigenvalue weighted by atomic mass is 10.1. The van der Waals surface area contributed by atoms with Crippen LogP contribution in [0.3, 0.4) is 0 Å². The van der Waals surface area contributed by atoms with Gasteiger partial charge in [-0.25, -0.2) is 14.4 Å². The molecule has 170 valence electrons. The Balaban J connectivity index is 1.34. The van der Waals surface area contributed by atoms with Crippen molar-refractivity contribution in [3.05, 3.63) is 62.7 Å². The first-order chi connectivity index (χ1) is 15.9. The molecule has 5 rings (SSSR count). The van der Waals surface area contributed by atoms with Gasteiger partial charge in [-0.1, -0.05) is 12.1 Å². The molecule has 2 amide bonds. The number of nitrogens with zero attached hydrogens (tertiary/aromatic N) is 4. The zero-order chi connectivity index (χ0) is 23.1. The highest BCUT2D eigenvalue weighted by molar-refractivity contribution is 9.11. The van der Waals surface area contributed by atoms with Gasteiger partial charge in [-0.05, 0) is 53.4 Å². The summed E-state index contributed by atoms with van der Waals surface area (Å²) < 4.78 is 16.1. The van der Waals surface area contributed by atoms with E-state index in [4.69, 9.17) is 0 Å². The minimum absolute atomic E-state index is 0.145. The van der Waals surface area contributed by atoms with Crippen LogP contribution in [0.15, 0.2) is 39.8 Å². The van der Waals surface area contributed by atoms with Crippen molar-refractivity contribution in [3.8, 4) is 10.4 Å². The molecule has 1 aliphatic rings. The Morgan fingerprint density at radius 2 is 2.18 bits per heavy atom. The SMILES string of the molecule is Cc1nc2sccn2c1C(=O)NC[C@@H]1CCCN1C(=O)c1nc(Br)sc1-c1cccc(F)c1. The van der Waals surface area contributed by atoms with Gasteiger partial charge in [0, 0.05) is 30.7 Å². The molecule has 1 fully saturated rings.